The number of rotatable bonds is 5. The van der Waals surface area contributed by atoms with E-state index in [0.717, 1.165) is 68.2 Å². The molecule has 2 aliphatic rings. The number of nitrogens with one attached hydrogen (secondary N) is 1. The van der Waals surface area contributed by atoms with Gasteiger partial charge in [-0.2, -0.15) is 5.10 Å². The SMILES string of the molecule is CCOC(=O)c1c(NC(=S)N2CCN(Cc3c(C)nn(C)c3C)CC2)sc2c1CCCC2. The van der Waals surface area contributed by atoms with Gasteiger partial charge >= 0.3 is 5.97 Å². The largest absolute Gasteiger partial charge is 0.462 e. The van der Waals surface area contributed by atoms with E-state index in [9.17, 15) is 4.79 Å². The number of esters is 1. The Kier molecular flexibility index (Phi) is 7.17. The van der Waals surface area contributed by atoms with E-state index in [2.05, 4.69) is 34.1 Å². The van der Waals surface area contributed by atoms with Crippen molar-refractivity contribution < 1.29 is 9.53 Å². The summed E-state index contributed by atoms with van der Waals surface area (Å²) in [4.78, 5) is 18.7. The van der Waals surface area contributed by atoms with Crippen LogP contribution in [0.2, 0.25) is 0 Å². The molecule has 2 aromatic heterocycles. The van der Waals surface area contributed by atoms with Gasteiger partial charge in [0, 0.05) is 55.9 Å². The van der Waals surface area contributed by atoms with Crippen molar-refractivity contribution in [2.75, 3.05) is 38.1 Å². The molecule has 32 heavy (non-hydrogen) atoms. The Morgan fingerprint density at radius 3 is 2.56 bits per heavy atom. The lowest BCUT2D eigenvalue weighted by molar-refractivity contribution is 0.0526. The molecule has 2 aromatic rings. The van der Waals surface area contributed by atoms with Gasteiger partial charge in [0.05, 0.1) is 17.9 Å². The molecule has 9 heteroatoms. The minimum absolute atomic E-state index is 0.232. The molecule has 1 aliphatic heterocycles. The summed E-state index contributed by atoms with van der Waals surface area (Å²) in [6.07, 6.45) is 4.28. The Morgan fingerprint density at radius 2 is 1.91 bits per heavy atom. The van der Waals surface area contributed by atoms with E-state index in [0.29, 0.717) is 17.3 Å². The van der Waals surface area contributed by atoms with Crippen LogP contribution in [0.1, 0.15) is 57.5 Å². The second kappa shape index (κ2) is 9.89. The van der Waals surface area contributed by atoms with Crippen molar-refractivity contribution in [1.29, 1.82) is 0 Å². The van der Waals surface area contributed by atoms with Gasteiger partial charge in [0.2, 0.25) is 0 Å². The Bertz CT molecular complexity index is 1000. The molecule has 0 radical (unpaired) electrons. The van der Waals surface area contributed by atoms with Gasteiger partial charge in [-0.25, -0.2) is 4.79 Å². The van der Waals surface area contributed by atoms with Gasteiger partial charge < -0.3 is 15.0 Å². The molecule has 0 amide bonds. The van der Waals surface area contributed by atoms with Crippen LogP contribution in [0.15, 0.2) is 0 Å². The Hall–Kier alpha value is -1.97. The number of aromatic nitrogens is 2. The molecular weight excluding hydrogens is 442 g/mol. The van der Waals surface area contributed by atoms with Crippen molar-refractivity contribution in [2.45, 2.75) is 53.0 Å². The highest BCUT2D eigenvalue weighted by atomic mass is 32.1. The molecule has 0 spiro atoms. The molecule has 4 rings (SSSR count). The summed E-state index contributed by atoms with van der Waals surface area (Å²) in [6.45, 7) is 11.0. The van der Waals surface area contributed by atoms with Crippen LogP contribution in [0.4, 0.5) is 5.00 Å². The van der Waals surface area contributed by atoms with Gasteiger partial charge in [-0.05, 0) is 64.2 Å². The second-order valence-electron chi connectivity index (χ2n) is 8.60. The van der Waals surface area contributed by atoms with Crippen molar-refractivity contribution in [2.24, 2.45) is 7.05 Å². The predicted octanol–water partition coefficient (Wildman–Crippen LogP) is 3.67. The smallest absolute Gasteiger partial charge is 0.341 e. The summed E-state index contributed by atoms with van der Waals surface area (Å²) < 4.78 is 7.33. The number of fused-ring (bicyclic) bond motifs is 1. The van der Waals surface area contributed by atoms with Gasteiger partial charge in [-0.3, -0.25) is 9.58 Å². The molecule has 0 bridgehead atoms. The molecule has 0 aromatic carbocycles. The van der Waals surface area contributed by atoms with Crippen LogP contribution in [0.25, 0.3) is 0 Å². The molecule has 174 valence electrons. The van der Waals surface area contributed by atoms with Crippen LogP contribution in [-0.2, 0) is 31.2 Å². The van der Waals surface area contributed by atoms with E-state index in [1.54, 1.807) is 11.3 Å². The first kappa shape index (κ1) is 23.2. The number of anilines is 1. The number of nitrogens with zero attached hydrogens (tertiary/aromatic N) is 4. The Balaban J connectivity index is 1.40. The summed E-state index contributed by atoms with van der Waals surface area (Å²) in [5, 5.41) is 9.50. The molecule has 1 saturated heterocycles. The first-order valence-corrected chi connectivity index (χ1v) is 12.7. The fourth-order valence-electron chi connectivity index (χ4n) is 4.63. The number of carbonyl (C=O) groups is 1. The van der Waals surface area contributed by atoms with Crippen molar-refractivity contribution in [1.82, 2.24) is 19.6 Å². The molecule has 1 N–H and O–H groups in total. The van der Waals surface area contributed by atoms with Crippen molar-refractivity contribution in [3.63, 3.8) is 0 Å². The molecule has 1 aliphatic carbocycles. The Morgan fingerprint density at radius 1 is 1.19 bits per heavy atom. The minimum atomic E-state index is -0.232. The lowest BCUT2D eigenvalue weighted by Crippen LogP contribution is -2.49. The van der Waals surface area contributed by atoms with Crippen molar-refractivity contribution in [3.8, 4) is 0 Å². The topological polar surface area (TPSA) is 62.6 Å². The number of thiophene rings is 1. The van der Waals surface area contributed by atoms with Crippen LogP contribution in [-0.4, -0.2) is 63.4 Å². The monoisotopic (exact) mass is 475 g/mol. The van der Waals surface area contributed by atoms with Crippen LogP contribution in [0, 0.1) is 13.8 Å². The zero-order valence-corrected chi connectivity index (χ0v) is 21.1. The average molecular weight is 476 g/mol. The number of hydrogen-bond acceptors (Lipinski definition) is 6. The van der Waals surface area contributed by atoms with E-state index < -0.39 is 0 Å². The quantitative estimate of drug-likeness (QED) is 0.523. The normalized spacial score (nSPS) is 16.7. The fraction of sp³-hybridized carbons (Fsp3) is 0.609. The highest BCUT2D eigenvalue weighted by molar-refractivity contribution is 7.80. The molecule has 1 fully saturated rings. The van der Waals surface area contributed by atoms with E-state index in [-0.39, 0.29) is 5.97 Å². The predicted molar refractivity (Wildman–Crippen MR) is 133 cm³/mol. The summed E-state index contributed by atoms with van der Waals surface area (Å²) in [7, 11) is 2.00. The van der Waals surface area contributed by atoms with E-state index in [1.807, 2.05) is 18.7 Å². The van der Waals surface area contributed by atoms with Gasteiger partial charge in [0.1, 0.15) is 5.00 Å². The summed E-state index contributed by atoms with van der Waals surface area (Å²) in [5.41, 5.74) is 5.53. The minimum Gasteiger partial charge on any atom is -0.462 e. The second-order valence-corrected chi connectivity index (χ2v) is 10.1. The van der Waals surface area contributed by atoms with Gasteiger partial charge in [0.15, 0.2) is 5.11 Å². The van der Waals surface area contributed by atoms with Crippen LogP contribution in [0.5, 0.6) is 0 Å². The third-order valence-corrected chi connectivity index (χ3v) is 8.14. The van der Waals surface area contributed by atoms with Gasteiger partial charge in [-0.1, -0.05) is 0 Å². The molecular formula is C23H33N5O2S2. The lowest BCUT2D eigenvalue weighted by Gasteiger charge is -2.36. The van der Waals surface area contributed by atoms with Gasteiger partial charge in [-0.15, -0.1) is 11.3 Å². The van der Waals surface area contributed by atoms with Crippen LogP contribution in [0.3, 0.4) is 0 Å². The zero-order valence-electron chi connectivity index (χ0n) is 19.5. The fourth-order valence-corrected chi connectivity index (χ4v) is 6.25. The summed E-state index contributed by atoms with van der Waals surface area (Å²) in [5.74, 6) is -0.232. The standard InChI is InChI=1S/C23H33N5O2S2/c1-5-30-22(29)20-17-8-6-7-9-19(17)32-21(20)24-23(31)28-12-10-27(11-13-28)14-18-15(2)25-26(4)16(18)3/h5-14H2,1-4H3,(H,24,31). The van der Waals surface area contributed by atoms with E-state index >= 15 is 0 Å². The third kappa shape index (κ3) is 4.70. The van der Waals surface area contributed by atoms with E-state index in [1.165, 1.54) is 22.6 Å². The lowest BCUT2D eigenvalue weighted by atomic mass is 9.95. The molecule has 7 nitrogen and oxygen atoms in total. The number of aryl methyl sites for hydroxylation is 3. The van der Waals surface area contributed by atoms with Crippen molar-refractivity contribution >= 4 is 39.6 Å². The maximum atomic E-state index is 12.7. The summed E-state index contributed by atoms with van der Waals surface area (Å²) >= 11 is 7.43. The number of ether oxygens (including phenoxy) is 1. The van der Waals surface area contributed by atoms with Gasteiger partial charge in [0.25, 0.3) is 0 Å². The van der Waals surface area contributed by atoms with Crippen molar-refractivity contribution in [3.05, 3.63) is 33.0 Å². The first-order valence-electron chi connectivity index (χ1n) is 11.5. The maximum absolute atomic E-state index is 12.7. The average Bonchev–Trinajstić information content (AvgIpc) is 3.25. The molecule has 0 atom stereocenters. The zero-order chi connectivity index (χ0) is 22.8. The number of thiocarbonyl (C=S) groups is 1. The summed E-state index contributed by atoms with van der Waals surface area (Å²) in [6, 6.07) is 0. The van der Waals surface area contributed by atoms with E-state index in [4.69, 9.17) is 17.0 Å². The maximum Gasteiger partial charge on any atom is 0.341 e. The van der Waals surface area contributed by atoms with Crippen LogP contribution >= 0.6 is 23.6 Å². The molecule has 3 heterocycles. The highest BCUT2D eigenvalue weighted by Crippen LogP contribution is 2.38. The number of carbonyl (C=O) groups excluding carboxylic acids is 1. The third-order valence-electron chi connectivity index (χ3n) is 6.57. The molecule has 0 unspecified atom stereocenters. The van der Waals surface area contributed by atoms with Crippen LogP contribution < -0.4 is 5.32 Å². The molecule has 0 saturated carbocycles. The number of piperazine rings is 1. The Labute approximate surface area is 199 Å². The number of hydrogen-bond donors (Lipinski definition) is 1. The highest BCUT2D eigenvalue weighted by Gasteiger charge is 2.28. The first-order chi connectivity index (χ1) is 15.4.